The van der Waals surface area contributed by atoms with Gasteiger partial charge in [-0.15, -0.1) is 0 Å². The molecule has 3 amide bonds. The van der Waals surface area contributed by atoms with Crippen molar-refractivity contribution < 1.29 is 33.8 Å². The van der Waals surface area contributed by atoms with Crippen LogP contribution in [-0.4, -0.2) is 72.2 Å². The maximum absolute atomic E-state index is 13.7. The fourth-order valence-corrected chi connectivity index (χ4v) is 5.80. The van der Waals surface area contributed by atoms with Crippen molar-refractivity contribution in [3.8, 4) is 5.75 Å². The van der Waals surface area contributed by atoms with Crippen LogP contribution in [0.15, 0.2) is 24.3 Å². The number of Topliss-reactive ketones (excluding diaryl/α,β-unsaturated/α-hetero) is 1. The minimum Gasteiger partial charge on any atom is -0.497 e. The zero-order chi connectivity index (χ0) is 28.9. The van der Waals surface area contributed by atoms with Crippen LogP contribution < -0.4 is 20.7 Å². The molecule has 3 aliphatic rings. The summed E-state index contributed by atoms with van der Waals surface area (Å²) in [4.78, 5) is 52.8. The van der Waals surface area contributed by atoms with Gasteiger partial charge in [0.05, 0.1) is 25.9 Å². The molecule has 0 spiro atoms. The Morgan fingerprint density at radius 3 is 2.23 bits per heavy atom. The molecule has 10 heteroatoms. The summed E-state index contributed by atoms with van der Waals surface area (Å²) in [5, 5.41) is 18.2. The molecule has 1 aromatic rings. The Morgan fingerprint density at radius 1 is 1.00 bits per heavy atom. The normalized spacial score (nSPS) is 26.4. The Balaban J connectivity index is 1.46. The summed E-state index contributed by atoms with van der Waals surface area (Å²) in [6, 6.07) is 4.64. The van der Waals surface area contributed by atoms with Crippen LogP contribution in [-0.2, 0) is 30.3 Å². The zero-order valence-electron chi connectivity index (χ0n) is 23.7. The first-order valence-corrected chi connectivity index (χ1v) is 14.5. The molecule has 1 aliphatic heterocycles. The largest absolute Gasteiger partial charge is 0.497 e. The fraction of sp³-hybridized carbons (Fsp3) is 0.667. The van der Waals surface area contributed by atoms with Crippen LogP contribution in [0.3, 0.4) is 0 Å². The number of epoxide rings is 1. The van der Waals surface area contributed by atoms with Gasteiger partial charge in [-0.2, -0.15) is 0 Å². The molecule has 40 heavy (non-hydrogen) atoms. The van der Waals surface area contributed by atoms with E-state index in [2.05, 4.69) is 16.0 Å². The maximum atomic E-state index is 13.7. The van der Waals surface area contributed by atoms with Crippen LogP contribution in [0.5, 0.6) is 5.75 Å². The number of carbonyl (C=O) groups is 4. The highest BCUT2D eigenvalue weighted by Gasteiger charge is 2.50. The van der Waals surface area contributed by atoms with E-state index in [1.54, 1.807) is 33.1 Å². The fourth-order valence-electron chi connectivity index (χ4n) is 5.80. The second-order valence-corrected chi connectivity index (χ2v) is 11.8. The van der Waals surface area contributed by atoms with E-state index < -0.39 is 41.6 Å². The van der Waals surface area contributed by atoms with Gasteiger partial charge in [-0.3, -0.25) is 19.2 Å². The van der Waals surface area contributed by atoms with Gasteiger partial charge in [0.25, 0.3) is 0 Å². The van der Waals surface area contributed by atoms with Gasteiger partial charge in [0.15, 0.2) is 5.78 Å². The quantitative estimate of drug-likeness (QED) is 0.271. The summed E-state index contributed by atoms with van der Waals surface area (Å²) >= 11 is 0. The van der Waals surface area contributed by atoms with Crippen molar-refractivity contribution in [2.24, 2.45) is 11.8 Å². The summed E-state index contributed by atoms with van der Waals surface area (Å²) < 4.78 is 10.6. The van der Waals surface area contributed by atoms with Gasteiger partial charge in [-0.25, -0.2) is 0 Å². The number of methoxy groups -OCH3 is 1. The lowest BCUT2D eigenvalue weighted by molar-refractivity contribution is -0.134. The monoisotopic (exact) mass is 557 g/mol. The first-order chi connectivity index (χ1) is 19.1. The third-order valence-corrected chi connectivity index (χ3v) is 8.53. The van der Waals surface area contributed by atoms with E-state index >= 15 is 0 Å². The molecule has 2 aliphatic carbocycles. The summed E-state index contributed by atoms with van der Waals surface area (Å²) in [5.74, 6) is -0.689. The molecular weight excluding hydrogens is 514 g/mol. The molecule has 1 heterocycles. The number of nitrogens with one attached hydrogen (secondary N) is 3. The number of aliphatic hydroxyl groups is 1. The lowest BCUT2D eigenvalue weighted by atomic mass is 9.90. The second-order valence-electron chi connectivity index (χ2n) is 11.8. The van der Waals surface area contributed by atoms with Crippen molar-refractivity contribution in [2.45, 2.75) is 101 Å². The Hall–Kier alpha value is -2.98. The number of amides is 3. The number of carbonyl (C=O) groups excluding carboxylic acids is 4. The minimum absolute atomic E-state index is 0.137. The smallest absolute Gasteiger partial charge is 0.243 e. The molecular formula is C30H43N3O7. The van der Waals surface area contributed by atoms with Gasteiger partial charge < -0.3 is 30.5 Å². The standard InChI is InChI=1S/C30H43N3O7/c1-18(31-28(37)21-10-11-22(34)16-21)27(36)33-25(15-20-8-12-23(39-3)13-9-20)29(38)32-24(14-19-6-4-5-7-19)26(35)30(2)17-40-30/h8-9,12-13,18-19,21-22,24-25,34H,4-7,10-11,14-17H2,1-3H3,(H,31,37)(H,32,38)(H,33,36)/t18-,21?,22+,24+,25+,30-/m1/s1. The van der Waals surface area contributed by atoms with Gasteiger partial charge in [-0.05, 0) is 63.1 Å². The Labute approximate surface area is 235 Å². The average molecular weight is 558 g/mol. The van der Waals surface area contributed by atoms with E-state index in [0.29, 0.717) is 44.0 Å². The molecule has 4 N–H and O–H groups in total. The van der Waals surface area contributed by atoms with E-state index in [1.165, 1.54) is 0 Å². The number of aliphatic hydroxyl groups excluding tert-OH is 1. The molecule has 0 aromatic heterocycles. The third-order valence-electron chi connectivity index (χ3n) is 8.53. The van der Waals surface area contributed by atoms with Gasteiger partial charge in [0.1, 0.15) is 23.4 Å². The molecule has 1 aromatic carbocycles. The van der Waals surface area contributed by atoms with Crippen molar-refractivity contribution in [2.75, 3.05) is 13.7 Å². The Bertz CT molecular complexity index is 1070. The number of ether oxygens (including phenoxy) is 2. The highest BCUT2D eigenvalue weighted by Crippen LogP contribution is 2.33. The van der Waals surface area contributed by atoms with E-state index in [9.17, 15) is 24.3 Å². The molecule has 0 bridgehead atoms. The first-order valence-electron chi connectivity index (χ1n) is 14.5. The summed E-state index contributed by atoms with van der Waals surface area (Å²) in [5.41, 5.74) is -0.0771. The number of hydrogen-bond donors (Lipinski definition) is 4. The van der Waals surface area contributed by atoms with Gasteiger partial charge >= 0.3 is 0 Å². The summed E-state index contributed by atoms with van der Waals surface area (Å²) in [7, 11) is 1.57. The van der Waals surface area contributed by atoms with Crippen molar-refractivity contribution in [3.05, 3.63) is 29.8 Å². The van der Waals surface area contributed by atoms with Crippen LogP contribution in [0.2, 0.25) is 0 Å². The topological polar surface area (TPSA) is 146 Å². The Kier molecular flexibility index (Phi) is 9.84. The number of ketones is 1. The molecule has 10 nitrogen and oxygen atoms in total. The van der Waals surface area contributed by atoms with Gasteiger partial charge in [0, 0.05) is 12.3 Å². The summed E-state index contributed by atoms with van der Waals surface area (Å²) in [6.07, 6.45) is 6.04. The van der Waals surface area contributed by atoms with E-state index in [4.69, 9.17) is 9.47 Å². The summed E-state index contributed by atoms with van der Waals surface area (Å²) in [6.45, 7) is 3.65. The van der Waals surface area contributed by atoms with Crippen LogP contribution in [0, 0.1) is 11.8 Å². The SMILES string of the molecule is COc1ccc(C[C@H](NC(=O)[C@@H](C)NC(=O)C2CC[C@H](O)C2)C(=O)N[C@@H](CC2CCCC2)C(=O)[C@@]2(C)CO2)cc1. The van der Waals surface area contributed by atoms with Crippen LogP contribution in [0.1, 0.15) is 70.8 Å². The number of benzene rings is 1. The van der Waals surface area contributed by atoms with E-state index in [-0.39, 0.29) is 24.0 Å². The number of rotatable bonds is 13. The second kappa shape index (κ2) is 13.1. The first kappa shape index (κ1) is 30.0. The lowest BCUT2D eigenvalue weighted by Gasteiger charge is -2.27. The van der Waals surface area contributed by atoms with Crippen LogP contribution in [0.4, 0.5) is 0 Å². The zero-order valence-corrected chi connectivity index (χ0v) is 23.7. The van der Waals surface area contributed by atoms with Crippen molar-refractivity contribution >= 4 is 23.5 Å². The molecule has 220 valence electrons. The predicted molar refractivity (Wildman–Crippen MR) is 147 cm³/mol. The number of hydrogen-bond acceptors (Lipinski definition) is 7. The molecule has 1 unspecified atom stereocenters. The molecule has 3 fully saturated rings. The van der Waals surface area contributed by atoms with Gasteiger partial charge in [0.2, 0.25) is 17.7 Å². The molecule has 6 atom stereocenters. The van der Waals surface area contributed by atoms with Crippen molar-refractivity contribution in [1.29, 1.82) is 0 Å². The van der Waals surface area contributed by atoms with Crippen molar-refractivity contribution in [3.63, 3.8) is 0 Å². The molecule has 1 saturated heterocycles. The van der Waals surface area contributed by atoms with E-state index in [1.807, 2.05) is 12.1 Å². The van der Waals surface area contributed by atoms with Gasteiger partial charge in [-0.1, -0.05) is 37.8 Å². The maximum Gasteiger partial charge on any atom is 0.243 e. The van der Waals surface area contributed by atoms with Crippen LogP contribution in [0.25, 0.3) is 0 Å². The molecule has 0 radical (unpaired) electrons. The predicted octanol–water partition coefficient (Wildman–Crippen LogP) is 1.81. The van der Waals surface area contributed by atoms with Crippen molar-refractivity contribution in [1.82, 2.24) is 16.0 Å². The Morgan fingerprint density at radius 2 is 1.65 bits per heavy atom. The molecule has 4 rings (SSSR count). The molecule has 2 saturated carbocycles. The van der Waals surface area contributed by atoms with E-state index in [0.717, 1.165) is 31.2 Å². The minimum atomic E-state index is -0.972. The third kappa shape index (κ3) is 7.81. The average Bonchev–Trinajstić information content (AvgIpc) is 3.28. The van der Waals surface area contributed by atoms with Crippen LogP contribution >= 0.6 is 0 Å². The highest BCUT2D eigenvalue weighted by atomic mass is 16.6. The lowest BCUT2D eigenvalue weighted by Crippen LogP contribution is -2.57. The highest BCUT2D eigenvalue weighted by molar-refractivity contribution is 5.98.